The number of fused-ring (bicyclic) bond motifs is 5. The predicted molar refractivity (Wildman–Crippen MR) is 95.9 cm³/mol. The highest BCUT2D eigenvalue weighted by atomic mass is 19.1. The number of hydrogen-bond donors (Lipinski definition) is 0. The Labute approximate surface area is 148 Å². The van der Waals surface area contributed by atoms with Crippen LogP contribution in [0.15, 0.2) is 30.3 Å². The van der Waals surface area contributed by atoms with Crippen molar-refractivity contribution in [2.75, 3.05) is 6.61 Å². The molecule has 0 amide bonds. The van der Waals surface area contributed by atoms with Crippen LogP contribution in [0.4, 0.5) is 4.39 Å². The zero-order valence-electron chi connectivity index (χ0n) is 15.3. The molecule has 2 bridgehead atoms. The Balaban J connectivity index is 1.80. The van der Waals surface area contributed by atoms with Crippen LogP contribution in [0.5, 0.6) is 0 Å². The number of halogens is 1. The second-order valence-corrected chi connectivity index (χ2v) is 8.27. The number of hydrogen-bond acceptors (Lipinski definition) is 3. The van der Waals surface area contributed by atoms with E-state index in [1.807, 2.05) is 6.07 Å². The topological polar surface area (TPSA) is 35.0 Å². The Morgan fingerprint density at radius 3 is 2.72 bits per heavy atom. The lowest BCUT2D eigenvalue weighted by atomic mass is 9.69. The van der Waals surface area contributed by atoms with Gasteiger partial charge in [0.25, 0.3) is 0 Å². The quantitative estimate of drug-likeness (QED) is 0.797. The van der Waals surface area contributed by atoms with E-state index in [9.17, 15) is 4.39 Å². The average Bonchev–Trinajstić information content (AvgIpc) is 2.94. The fraction of sp³-hybridized carbons (Fsp3) is 0.524. The van der Waals surface area contributed by atoms with Gasteiger partial charge in [-0.1, -0.05) is 26.0 Å². The summed E-state index contributed by atoms with van der Waals surface area (Å²) in [6, 6.07) is 8.83. The Hall–Kier alpha value is -1.81. The molecular weight excluding hydrogens is 315 g/mol. The number of aromatic nitrogens is 2. The molecule has 0 radical (unpaired) electrons. The third-order valence-electron chi connectivity index (χ3n) is 6.43. The highest BCUT2D eigenvalue weighted by Gasteiger charge is 2.63. The van der Waals surface area contributed by atoms with Gasteiger partial charge in [0.05, 0.1) is 24.1 Å². The Morgan fingerprint density at radius 1 is 1.24 bits per heavy atom. The van der Waals surface area contributed by atoms with Gasteiger partial charge in [-0.05, 0) is 61.8 Å². The summed E-state index contributed by atoms with van der Waals surface area (Å²) in [5.41, 5.74) is 3.43. The van der Waals surface area contributed by atoms with E-state index in [-0.39, 0.29) is 22.8 Å². The summed E-state index contributed by atoms with van der Waals surface area (Å²) in [6.07, 6.45) is 2.40. The van der Waals surface area contributed by atoms with Crippen molar-refractivity contribution >= 4 is 0 Å². The normalized spacial score (nSPS) is 26.2. The average molecular weight is 340 g/mol. The van der Waals surface area contributed by atoms with Crippen molar-refractivity contribution in [2.24, 2.45) is 5.41 Å². The molecule has 2 aliphatic rings. The van der Waals surface area contributed by atoms with E-state index in [0.717, 1.165) is 18.5 Å². The van der Waals surface area contributed by atoms with Gasteiger partial charge in [0.1, 0.15) is 5.82 Å². The molecule has 1 fully saturated rings. The molecule has 132 valence electrons. The van der Waals surface area contributed by atoms with Crippen LogP contribution in [0.1, 0.15) is 57.7 Å². The van der Waals surface area contributed by atoms with Gasteiger partial charge in [-0.25, -0.2) is 4.39 Å². The van der Waals surface area contributed by atoms with Crippen molar-refractivity contribution < 1.29 is 9.13 Å². The number of ether oxygens (including phenoxy) is 1. The third kappa shape index (κ3) is 2.27. The lowest BCUT2D eigenvalue weighted by molar-refractivity contribution is 0.00662. The first-order chi connectivity index (χ1) is 11.9. The number of benzene rings is 1. The molecule has 1 aromatic heterocycles. The van der Waals surface area contributed by atoms with Crippen LogP contribution in [0.25, 0.3) is 11.3 Å². The van der Waals surface area contributed by atoms with Crippen molar-refractivity contribution in [1.82, 2.24) is 10.2 Å². The summed E-state index contributed by atoms with van der Waals surface area (Å²) in [7, 11) is 0. The molecule has 25 heavy (non-hydrogen) atoms. The Morgan fingerprint density at radius 2 is 2.00 bits per heavy atom. The lowest BCUT2D eigenvalue weighted by Gasteiger charge is -2.38. The highest BCUT2D eigenvalue weighted by molar-refractivity contribution is 5.62. The van der Waals surface area contributed by atoms with Gasteiger partial charge in [-0.2, -0.15) is 10.2 Å². The summed E-state index contributed by atoms with van der Waals surface area (Å²) in [4.78, 5) is 0. The molecule has 4 rings (SSSR count). The van der Waals surface area contributed by atoms with Crippen LogP contribution in [-0.4, -0.2) is 22.9 Å². The molecule has 0 aliphatic heterocycles. The fourth-order valence-electron chi connectivity index (χ4n) is 4.85. The minimum Gasteiger partial charge on any atom is -0.378 e. The highest BCUT2D eigenvalue weighted by Crippen LogP contribution is 2.67. The van der Waals surface area contributed by atoms with Crippen LogP contribution >= 0.6 is 0 Å². The van der Waals surface area contributed by atoms with E-state index in [1.54, 1.807) is 12.1 Å². The molecule has 1 aromatic carbocycles. The SMILES string of the molecule is CC(C)OCC12CCC(c3cc(-c4ccccc4F)nnc31)C2(C)C. The van der Waals surface area contributed by atoms with Crippen molar-refractivity contribution in [2.45, 2.75) is 58.0 Å². The lowest BCUT2D eigenvalue weighted by Crippen LogP contribution is -2.41. The maximum absolute atomic E-state index is 14.2. The largest absolute Gasteiger partial charge is 0.378 e. The Bertz CT molecular complexity index is 817. The summed E-state index contributed by atoms with van der Waals surface area (Å²) >= 11 is 0. The number of rotatable bonds is 4. The van der Waals surface area contributed by atoms with Gasteiger partial charge < -0.3 is 4.74 Å². The molecular formula is C21H25FN2O. The van der Waals surface area contributed by atoms with Crippen LogP contribution in [0, 0.1) is 11.2 Å². The second kappa shape index (κ2) is 5.60. The van der Waals surface area contributed by atoms with Gasteiger partial charge >= 0.3 is 0 Å². The summed E-state index contributed by atoms with van der Waals surface area (Å²) in [5.74, 6) is 0.177. The van der Waals surface area contributed by atoms with Gasteiger partial charge in [-0.15, -0.1) is 0 Å². The predicted octanol–water partition coefficient (Wildman–Crippen LogP) is 4.86. The van der Waals surface area contributed by atoms with E-state index in [2.05, 4.69) is 44.0 Å². The molecule has 2 aliphatic carbocycles. The van der Waals surface area contributed by atoms with Crippen LogP contribution in [-0.2, 0) is 10.2 Å². The molecule has 1 heterocycles. The smallest absolute Gasteiger partial charge is 0.132 e. The van der Waals surface area contributed by atoms with Crippen molar-refractivity contribution in [3.63, 3.8) is 0 Å². The molecule has 0 spiro atoms. The molecule has 4 heteroatoms. The van der Waals surface area contributed by atoms with E-state index >= 15 is 0 Å². The van der Waals surface area contributed by atoms with Gasteiger partial charge in [-0.3, -0.25) is 0 Å². The van der Waals surface area contributed by atoms with Crippen LogP contribution in [0.2, 0.25) is 0 Å². The molecule has 2 aromatic rings. The molecule has 1 saturated carbocycles. The molecule has 2 atom stereocenters. The van der Waals surface area contributed by atoms with E-state index in [0.29, 0.717) is 23.8 Å². The van der Waals surface area contributed by atoms with Crippen molar-refractivity contribution in [1.29, 1.82) is 0 Å². The first-order valence-corrected chi connectivity index (χ1v) is 9.11. The molecule has 0 saturated heterocycles. The van der Waals surface area contributed by atoms with Crippen LogP contribution < -0.4 is 0 Å². The summed E-state index contributed by atoms with van der Waals surface area (Å²) < 4.78 is 20.2. The zero-order valence-corrected chi connectivity index (χ0v) is 15.3. The maximum Gasteiger partial charge on any atom is 0.132 e. The van der Waals surface area contributed by atoms with Crippen molar-refractivity contribution in [3.05, 3.63) is 47.4 Å². The number of nitrogens with zero attached hydrogens (tertiary/aromatic N) is 2. The van der Waals surface area contributed by atoms with Gasteiger partial charge in [0, 0.05) is 11.0 Å². The van der Waals surface area contributed by atoms with E-state index in [4.69, 9.17) is 4.74 Å². The van der Waals surface area contributed by atoms with E-state index in [1.165, 1.54) is 11.6 Å². The first-order valence-electron chi connectivity index (χ1n) is 9.11. The summed E-state index contributed by atoms with van der Waals surface area (Å²) in [6.45, 7) is 9.45. The summed E-state index contributed by atoms with van der Waals surface area (Å²) in [5, 5.41) is 9.00. The third-order valence-corrected chi connectivity index (χ3v) is 6.43. The molecule has 2 unspecified atom stereocenters. The Kier molecular flexibility index (Phi) is 3.73. The van der Waals surface area contributed by atoms with Gasteiger partial charge in [0.2, 0.25) is 0 Å². The first kappa shape index (κ1) is 16.6. The minimum absolute atomic E-state index is 0.0761. The van der Waals surface area contributed by atoms with Gasteiger partial charge in [0.15, 0.2) is 0 Å². The van der Waals surface area contributed by atoms with Crippen molar-refractivity contribution in [3.8, 4) is 11.3 Å². The van der Waals surface area contributed by atoms with E-state index < -0.39 is 0 Å². The zero-order chi connectivity index (χ0) is 17.8. The maximum atomic E-state index is 14.2. The fourth-order valence-corrected chi connectivity index (χ4v) is 4.85. The standard InChI is InChI=1S/C21H25FN2O/c1-13(2)25-12-21-10-9-16(20(21,3)4)15-11-18(23-24-19(15)21)14-7-5-6-8-17(14)22/h5-8,11,13,16H,9-10,12H2,1-4H3. The van der Waals surface area contributed by atoms with Crippen LogP contribution in [0.3, 0.4) is 0 Å². The monoisotopic (exact) mass is 340 g/mol. The molecule has 0 N–H and O–H groups in total. The minimum atomic E-state index is -0.253. The second-order valence-electron chi connectivity index (χ2n) is 8.27. The molecule has 3 nitrogen and oxygen atoms in total.